The third kappa shape index (κ3) is 5.66. The van der Waals surface area contributed by atoms with Crippen LogP contribution in [0.2, 0.25) is 0 Å². The summed E-state index contributed by atoms with van der Waals surface area (Å²) in [6.07, 6.45) is 0.599. The van der Waals surface area contributed by atoms with Gasteiger partial charge < -0.3 is 14.7 Å². The van der Waals surface area contributed by atoms with Gasteiger partial charge in [0.25, 0.3) is 5.69 Å². The Labute approximate surface area is 180 Å². The molecule has 0 aliphatic carbocycles. The summed E-state index contributed by atoms with van der Waals surface area (Å²) >= 11 is 0. The minimum Gasteiger partial charge on any atom is -0.361 e. The summed E-state index contributed by atoms with van der Waals surface area (Å²) in [6.45, 7) is 8.60. The Bertz CT molecular complexity index is 959. The molecular formula is C21H27N5O5. The van der Waals surface area contributed by atoms with Gasteiger partial charge in [-0.05, 0) is 32.4 Å². The fourth-order valence-corrected chi connectivity index (χ4v) is 3.61. The molecular weight excluding hydrogens is 402 g/mol. The number of benzene rings is 1. The van der Waals surface area contributed by atoms with Crippen LogP contribution in [0.15, 0.2) is 22.7 Å². The van der Waals surface area contributed by atoms with E-state index < -0.39 is 4.92 Å². The number of non-ortho nitro benzene ring substituents is 1. The third-order valence-electron chi connectivity index (χ3n) is 5.58. The number of hydrogen-bond donors (Lipinski definition) is 1. The van der Waals surface area contributed by atoms with Crippen molar-refractivity contribution in [3.8, 4) is 0 Å². The van der Waals surface area contributed by atoms with Gasteiger partial charge in [-0.15, -0.1) is 0 Å². The molecule has 166 valence electrons. The van der Waals surface area contributed by atoms with E-state index in [1.165, 1.54) is 12.1 Å². The first-order valence-electron chi connectivity index (χ1n) is 10.2. The fraction of sp³-hybridized carbons (Fsp3) is 0.476. The molecule has 0 bridgehead atoms. The summed E-state index contributed by atoms with van der Waals surface area (Å²) in [4.78, 5) is 39.2. The molecule has 3 rings (SSSR count). The van der Waals surface area contributed by atoms with E-state index in [1.807, 2.05) is 18.7 Å². The van der Waals surface area contributed by atoms with E-state index in [0.717, 1.165) is 11.3 Å². The first kappa shape index (κ1) is 22.4. The number of piperazine rings is 1. The standard InChI is InChI=1S/C21H27N5O5/c1-14-12-17(26(29)30)4-5-19(14)22-20(27)6-7-24-8-10-25(11-9-24)21(28)13-18-15(2)23-31-16(18)3/h4-5,12H,6-11,13H2,1-3H3,(H,22,27). The predicted octanol–water partition coefficient (Wildman–Crippen LogP) is 2.22. The first-order valence-corrected chi connectivity index (χ1v) is 10.2. The molecule has 31 heavy (non-hydrogen) atoms. The number of carbonyl (C=O) groups excluding carboxylic acids is 2. The summed E-state index contributed by atoms with van der Waals surface area (Å²) in [5.41, 5.74) is 2.82. The number of nitro benzene ring substituents is 1. The van der Waals surface area contributed by atoms with Crippen LogP contribution in [0.1, 0.15) is 29.0 Å². The summed E-state index contributed by atoms with van der Waals surface area (Å²) in [5.74, 6) is 0.591. The van der Waals surface area contributed by atoms with Crippen molar-refractivity contribution in [3.63, 3.8) is 0 Å². The number of hydrogen-bond acceptors (Lipinski definition) is 7. The van der Waals surface area contributed by atoms with Crippen LogP contribution in [0.5, 0.6) is 0 Å². The Morgan fingerprint density at radius 2 is 1.90 bits per heavy atom. The van der Waals surface area contributed by atoms with Gasteiger partial charge in [-0.25, -0.2) is 0 Å². The largest absolute Gasteiger partial charge is 0.361 e. The van der Waals surface area contributed by atoms with Crippen molar-refractivity contribution >= 4 is 23.2 Å². The van der Waals surface area contributed by atoms with Crippen molar-refractivity contribution in [2.24, 2.45) is 0 Å². The Morgan fingerprint density at radius 1 is 1.19 bits per heavy atom. The minimum atomic E-state index is -0.461. The van der Waals surface area contributed by atoms with Gasteiger partial charge in [-0.1, -0.05) is 5.16 Å². The molecule has 2 heterocycles. The highest BCUT2D eigenvalue weighted by molar-refractivity contribution is 5.91. The molecule has 0 unspecified atom stereocenters. The zero-order valence-electron chi connectivity index (χ0n) is 18.0. The van der Waals surface area contributed by atoms with Gasteiger partial charge in [0.1, 0.15) is 5.76 Å². The zero-order chi connectivity index (χ0) is 22.5. The lowest BCUT2D eigenvalue weighted by Crippen LogP contribution is -2.49. The number of anilines is 1. The molecule has 0 spiro atoms. The second-order valence-electron chi connectivity index (χ2n) is 7.76. The Morgan fingerprint density at radius 3 is 2.48 bits per heavy atom. The van der Waals surface area contributed by atoms with E-state index in [1.54, 1.807) is 13.0 Å². The molecule has 2 aromatic rings. The molecule has 1 aromatic heterocycles. The maximum Gasteiger partial charge on any atom is 0.269 e. The molecule has 10 heteroatoms. The topological polar surface area (TPSA) is 122 Å². The van der Waals surface area contributed by atoms with Gasteiger partial charge in [0.05, 0.1) is 17.0 Å². The van der Waals surface area contributed by atoms with E-state index in [0.29, 0.717) is 56.2 Å². The Kier molecular flexibility index (Phi) is 7.01. The molecule has 1 aliphatic rings. The number of nitrogens with one attached hydrogen (secondary N) is 1. The van der Waals surface area contributed by atoms with E-state index in [4.69, 9.17) is 4.52 Å². The molecule has 0 atom stereocenters. The van der Waals surface area contributed by atoms with Crippen LogP contribution in [0.4, 0.5) is 11.4 Å². The monoisotopic (exact) mass is 429 g/mol. The lowest BCUT2D eigenvalue weighted by Gasteiger charge is -2.34. The van der Waals surface area contributed by atoms with Crippen molar-refractivity contribution in [1.29, 1.82) is 0 Å². The summed E-state index contributed by atoms with van der Waals surface area (Å²) in [5, 5.41) is 17.5. The average molecular weight is 429 g/mol. The second-order valence-corrected chi connectivity index (χ2v) is 7.76. The molecule has 10 nitrogen and oxygen atoms in total. The maximum absolute atomic E-state index is 12.6. The van der Waals surface area contributed by atoms with Gasteiger partial charge in [0.2, 0.25) is 11.8 Å². The van der Waals surface area contributed by atoms with Crippen LogP contribution in [0, 0.1) is 30.9 Å². The predicted molar refractivity (Wildman–Crippen MR) is 114 cm³/mol. The number of aryl methyl sites for hydroxylation is 3. The Hall–Kier alpha value is -3.27. The van der Waals surface area contributed by atoms with Gasteiger partial charge in [0, 0.05) is 62.5 Å². The average Bonchev–Trinajstić information content (AvgIpc) is 3.06. The quantitative estimate of drug-likeness (QED) is 0.529. The molecule has 1 fully saturated rings. The van der Waals surface area contributed by atoms with Crippen LogP contribution in [0.25, 0.3) is 0 Å². The van der Waals surface area contributed by atoms with Crippen molar-refractivity contribution in [2.45, 2.75) is 33.6 Å². The third-order valence-corrected chi connectivity index (χ3v) is 5.58. The number of amides is 2. The van der Waals surface area contributed by atoms with Crippen LogP contribution in [-0.2, 0) is 16.0 Å². The van der Waals surface area contributed by atoms with Crippen molar-refractivity contribution < 1.29 is 19.0 Å². The maximum atomic E-state index is 12.6. The molecule has 1 saturated heterocycles. The van der Waals surface area contributed by atoms with Crippen LogP contribution in [0.3, 0.4) is 0 Å². The van der Waals surface area contributed by atoms with Crippen LogP contribution < -0.4 is 5.32 Å². The molecule has 0 radical (unpaired) electrons. The molecule has 1 aliphatic heterocycles. The lowest BCUT2D eigenvalue weighted by molar-refractivity contribution is -0.384. The van der Waals surface area contributed by atoms with E-state index in [2.05, 4.69) is 15.4 Å². The van der Waals surface area contributed by atoms with Crippen molar-refractivity contribution in [1.82, 2.24) is 15.0 Å². The summed E-state index contributed by atoms with van der Waals surface area (Å²) in [6, 6.07) is 4.37. The van der Waals surface area contributed by atoms with E-state index in [9.17, 15) is 19.7 Å². The first-order chi connectivity index (χ1) is 14.7. The zero-order valence-corrected chi connectivity index (χ0v) is 18.0. The lowest BCUT2D eigenvalue weighted by atomic mass is 10.1. The van der Waals surface area contributed by atoms with Gasteiger partial charge >= 0.3 is 0 Å². The van der Waals surface area contributed by atoms with E-state index in [-0.39, 0.29) is 23.9 Å². The highest BCUT2D eigenvalue weighted by Crippen LogP contribution is 2.21. The van der Waals surface area contributed by atoms with Gasteiger partial charge in [0.15, 0.2) is 0 Å². The molecule has 0 saturated carbocycles. The molecule has 2 amide bonds. The number of nitro groups is 1. The minimum absolute atomic E-state index is 0.00253. The second kappa shape index (κ2) is 9.69. The number of nitrogens with zero attached hydrogens (tertiary/aromatic N) is 4. The Balaban J connectivity index is 1.42. The van der Waals surface area contributed by atoms with Crippen molar-refractivity contribution in [3.05, 3.63) is 50.9 Å². The molecule has 1 N–H and O–H groups in total. The smallest absolute Gasteiger partial charge is 0.269 e. The highest BCUT2D eigenvalue weighted by atomic mass is 16.6. The van der Waals surface area contributed by atoms with Gasteiger partial charge in [-0.2, -0.15) is 0 Å². The number of aromatic nitrogens is 1. The number of carbonyl (C=O) groups is 2. The molecule has 1 aromatic carbocycles. The van der Waals surface area contributed by atoms with Crippen LogP contribution >= 0.6 is 0 Å². The SMILES string of the molecule is Cc1cc([N+](=O)[O-])ccc1NC(=O)CCN1CCN(C(=O)Cc2c(C)noc2C)CC1. The van der Waals surface area contributed by atoms with E-state index >= 15 is 0 Å². The van der Waals surface area contributed by atoms with Crippen LogP contribution in [-0.4, -0.2) is 64.4 Å². The normalized spacial score (nSPS) is 14.5. The number of rotatable bonds is 7. The highest BCUT2D eigenvalue weighted by Gasteiger charge is 2.23. The summed E-state index contributed by atoms with van der Waals surface area (Å²) < 4.78 is 5.12. The fourth-order valence-electron chi connectivity index (χ4n) is 3.61. The van der Waals surface area contributed by atoms with Gasteiger partial charge in [-0.3, -0.25) is 24.6 Å². The van der Waals surface area contributed by atoms with Crippen molar-refractivity contribution in [2.75, 3.05) is 38.0 Å². The summed E-state index contributed by atoms with van der Waals surface area (Å²) in [7, 11) is 0.